The lowest BCUT2D eigenvalue weighted by Crippen LogP contribution is -2.49. The quantitative estimate of drug-likeness (QED) is 0.644. The van der Waals surface area contributed by atoms with Crippen LogP contribution in [0, 0.1) is 23.2 Å². The first-order chi connectivity index (χ1) is 13.2. The minimum atomic E-state index is -0.113. The number of Topliss-reactive ketones (excluding diaryl/α,β-unsaturated/α-hetero) is 1. The summed E-state index contributed by atoms with van der Waals surface area (Å²) < 4.78 is 6.17. The Morgan fingerprint density at radius 3 is 2.26 bits per heavy atom. The fourth-order valence-electron chi connectivity index (χ4n) is 7.13. The number of carbonyl (C=O) groups is 1. The van der Waals surface area contributed by atoms with E-state index in [1.165, 1.54) is 44.2 Å². The molecule has 5 aliphatic rings. The van der Waals surface area contributed by atoms with Crippen LogP contribution >= 0.6 is 0 Å². The van der Waals surface area contributed by atoms with E-state index in [1.54, 1.807) is 0 Å². The number of piperidine rings is 1. The highest BCUT2D eigenvalue weighted by molar-refractivity contribution is 6.02. The molecule has 0 unspecified atom stereocenters. The summed E-state index contributed by atoms with van der Waals surface area (Å²) in [6.45, 7) is 2.26. The summed E-state index contributed by atoms with van der Waals surface area (Å²) in [5.41, 5.74) is 2.01. The zero-order chi connectivity index (χ0) is 18.0. The van der Waals surface area contributed by atoms with Crippen molar-refractivity contribution < 1.29 is 9.21 Å². The highest BCUT2D eigenvalue weighted by atomic mass is 16.3. The van der Waals surface area contributed by atoms with Gasteiger partial charge in [0.25, 0.3) is 0 Å². The van der Waals surface area contributed by atoms with E-state index >= 15 is 0 Å². The molecule has 4 saturated carbocycles. The van der Waals surface area contributed by atoms with Crippen LogP contribution in [0.25, 0.3) is 11.0 Å². The molecule has 2 aromatic rings. The van der Waals surface area contributed by atoms with Crippen molar-refractivity contribution in [2.75, 3.05) is 18.0 Å². The standard InChI is InChI=1S/C24H29NO2/c26-23(24-13-16-8-17(14-24)10-18(9-16)15-24)22-11-19-4-5-20(12-21(19)27-22)25-6-2-1-3-7-25/h4-5,11-12,16-18H,1-3,6-10,13-15H2. The van der Waals surface area contributed by atoms with Crippen molar-refractivity contribution >= 4 is 22.4 Å². The van der Waals surface area contributed by atoms with Gasteiger partial charge in [0, 0.05) is 35.6 Å². The highest BCUT2D eigenvalue weighted by Gasteiger charge is 2.55. The van der Waals surface area contributed by atoms with Gasteiger partial charge in [-0.25, -0.2) is 0 Å². The number of fused-ring (bicyclic) bond motifs is 1. The number of benzene rings is 1. The lowest BCUT2D eigenvalue weighted by molar-refractivity contribution is -0.0364. The first-order valence-corrected chi connectivity index (χ1v) is 11.0. The fraction of sp³-hybridized carbons (Fsp3) is 0.625. The van der Waals surface area contributed by atoms with E-state index < -0.39 is 0 Å². The Hall–Kier alpha value is -1.77. The third-order valence-electron chi connectivity index (χ3n) is 7.97. The molecular formula is C24H29NO2. The molecular weight excluding hydrogens is 334 g/mol. The maximum atomic E-state index is 13.6. The number of hydrogen-bond donors (Lipinski definition) is 0. The summed E-state index contributed by atoms with van der Waals surface area (Å²) >= 11 is 0. The zero-order valence-electron chi connectivity index (χ0n) is 16.1. The van der Waals surface area contributed by atoms with Gasteiger partial charge in [-0.1, -0.05) is 0 Å². The van der Waals surface area contributed by atoms with E-state index in [4.69, 9.17) is 4.42 Å². The van der Waals surface area contributed by atoms with Gasteiger partial charge in [0.05, 0.1) is 0 Å². The summed E-state index contributed by atoms with van der Waals surface area (Å²) in [7, 11) is 0. The number of ketones is 1. The van der Waals surface area contributed by atoms with Gasteiger partial charge in [0.1, 0.15) is 5.58 Å². The largest absolute Gasteiger partial charge is 0.453 e. The number of hydrogen-bond acceptors (Lipinski definition) is 3. The molecule has 7 rings (SSSR count). The van der Waals surface area contributed by atoms with Gasteiger partial charge >= 0.3 is 0 Å². The molecule has 0 spiro atoms. The molecule has 3 nitrogen and oxygen atoms in total. The van der Waals surface area contributed by atoms with Crippen LogP contribution < -0.4 is 4.90 Å². The maximum absolute atomic E-state index is 13.6. The van der Waals surface area contributed by atoms with Crippen LogP contribution in [0.5, 0.6) is 0 Å². The molecule has 1 aromatic heterocycles. The number of rotatable bonds is 3. The van der Waals surface area contributed by atoms with E-state index in [1.807, 2.05) is 6.07 Å². The molecule has 27 heavy (non-hydrogen) atoms. The van der Waals surface area contributed by atoms with E-state index in [9.17, 15) is 4.79 Å². The van der Waals surface area contributed by atoms with E-state index in [2.05, 4.69) is 23.1 Å². The number of carbonyl (C=O) groups excluding carboxylic acids is 1. The van der Waals surface area contributed by atoms with Crippen molar-refractivity contribution in [3.8, 4) is 0 Å². The van der Waals surface area contributed by atoms with Crippen molar-refractivity contribution in [2.24, 2.45) is 23.2 Å². The number of nitrogens with zero attached hydrogens (tertiary/aromatic N) is 1. The smallest absolute Gasteiger partial charge is 0.204 e. The van der Waals surface area contributed by atoms with E-state index in [-0.39, 0.29) is 5.41 Å². The molecule has 3 heteroatoms. The maximum Gasteiger partial charge on any atom is 0.204 e. The number of furan rings is 1. The molecule has 142 valence electrons. The van der Waals surface area contributed by atoms with E-state index in [0.717, 1.165) is 61.1 Å². The van der Waals surface area contributed by atoms with Crippen LogP contribution in [-0.2, 0) is 0 Å². The molecule has 0 N–H and O–H groups in total. The third kappa shape index (κ3) is 2.57. The second kappa shape index (κ2) is 5.86. The van der Waals surface area contributed by atoms with Crippen LogP contribution in [0.3, 0.4) is 0 Å². The Morgan fingerprint density at radius 1 is 0.926 bits per heavy atom. The molecule has 1 saturated heterocycles. The Bertz CT molecular complexity index is 854. The van der Waals surface area contributed by atoms with Crippen LogP contribution in [0.4, 0.5) is 5.69 Å². The fourth-order valence-corrected chi connectivity index (χ4v) is 7.13. The zero-order valence-corrected chi connectivity index (χ0v) is 16.1. The van der Waals surface area contributed by atoms with Gasteiger partial charge in [0.15, 0.2) is 5.76 Å². The van der Waals surface area contributed by atoms with Gasteiger partial charge in [0.2, 0.25) is 5.78 Å². The van der Waals surface area contributed by atoms with Crippen molar-refractivity contribution in [2.45, 2.75) is 57.8 Å². The highest BCUT2D eigenvalue weighted by Crippen LogP contribution is 2.61. The average Bonchev–Trinajstić information content (AvgIpc) is 3.10. The van der Waals surface area contributed by atoms with Gasteiger partial charge in [-0.15, -0.1) is 0 Å². The molecule has 0 amide bonds. The van der Waals surface area contributed by atoms with Crippen LogP contribution in [-0.4, -0.2) is 18.9 Å². The number of anilines is 1. The van der Waals surface area contributed by atoms with Gasteiger partial charge < -0.3 is 9.32 Å². The topological polar surface area (TPSA) is 33.5 Å². The van der Waals surface area contributed by atoms with E-state index in [0.29, 0.717) is 11.5 Å². The predicted octanol–water partition coefficient (Wildman–Crippen LogP) is 5.82. The second-order valence-electron chi connectivity index (χ2n) is 9.91. The lowest BCUT2D eigenvalue weighted by Gasteiger charge is -2.55. The van der Waals surface area contributed by atoms with Gasteiger partial charge in [-0.05, 0) is 93.7 Å². The van der Waals surface area contributed by atoms with Crippen LogP contribution in [0.1, 0.15) is 68.3 Å². The predicted molar refractivity (Wildman–Crippen MR) is 107 cm³/mol. The van der Waals surface area contributed by atoms with Crippen molar-refractivity contribution in [1.29, 1.82) is 0 Å². The molecule has 0 radical (unpaired) electrons. The summed E-state index contributed by atoms with van der Waals surface area (Å²) in [6.07, 6.45) is 11.3. The molecule has 5 fully saturated rings. The Balaban J connectivity index is 1.32. The normalized spacial score (nSPS) is 35.1. The molecule has 1 aliphatic heterocycles. The van der Waals surface area contributed by atoms with Crippen molar-refractivity contribution in [1.82, 2.24) is 0 Å². The summed E-state index contributed by atoms with van der Waals surface area (Å²) in [5.74, 6) is 3.28. The molecule has 0 atom stereocenters. The Morgan fingerprint density at radius 2 is 1.59 bits per heavy atom. The minimum absolute atomic E-state index is 0.113. The summed E-state index contributed by atoms with van der Waals surface area (Å²) in [6, 6.07) is 8.49. The Labute approximate surface area is 161 Å². The molecule has 4 aliphatic carbocycles. The molecule has 1 aromatic carbocycles. The molecule has 2 heterocycles. The lowest BCUT2D eigenvalue weighted by atomic mass is 9.48. The van der Waals surface area contributed by atoms with Gasteiger partial charge in [-0.3, -0.25) is 4.79 Å². The summed E-state index contributed by atoms with van der Waals surface area (Å²) in [5, 5.41) is 1.07. The van der Waals surface area contributed by atoms with Gasteiger partial charge in [-0.2, -0.15) is 0 Å². The van der Waals surface area contributed by atoms with Crippen molar-refractivity contribution in [3.63, 3.8) is 0 Å². The first-order valence-electron chi connectivity index (χ1n) is 11.0. The summed E-state index contributed by atoms with van der Waals surface area (Å²) in [4.78, 5) is 16.0. The van der Waals surface area contributed by atoms with Crippen molar-refractivity contribution in [3.05, 3.63) is 30.0 Å². The van der Waals surface area contributed by atoms with Crippen LogP contribution in [0.2, 0.25) is 0 Å². The van der Waals surface area contributed by atoms with Crippen LogP contribution in [0.15, 0.2) is 28.7 Å². The second-order valence-corrected chi connectivity index (χ2v) is 9.91. The minimum Gasteiger partial charge on any atom is -0.453 e. The first kappa shape index (κ1) is 16.2. The Kier molecular flexibility index (Phi) is 3.52. The SMILES string of the molecule is O=C(c1cc2ccc(N3CCCCC3)cc2o1)C12CC3CC(CC(C3)C1)C2. The molecule has 4 bridgehead atoms. The average molecular weight is 364 g/mol. The monoisotopic (exact) mass is 363 g/mol. The third-order valence-corrected chi connectivity index (χ3v) is 7.97.